The van der Waals surface area contributed by atoms with Crippen molar-refractivity contribution in [1.82, 2.24) is 15.1 Å². The Kier molecular flexibility index (Phi) is 3.00. The number of H-pyrrole nitrogens is 1. The quantitative estimate of drug-likeness (QED) is 0.666. The van der Waals surface area contributed by atoms with Crippen molar-refractivity contribution in [2.45, 2.75) is 19.4 Å². The van der Waals surface area contributed by atoms with Gasteiger partial charge in [-0.3, -0.25) is 5.10 Å². The predicted octanol–water partition coefficient (Wildman–Crippen LogP) is 0.744. The lowest BCUT2D eigenvalue weighted by molar-refractivity contribution is 0.210. The number of nitrogens with zero attached hydrogens (tertiary/aromatic N) is 2. The molecular formula is C9H19N5. The lowest BCUT2D eigenvalue weighted by Gasteiger charge is -2.32. The Bertz CT molecular complexity index is 289. The van der Waals surface area contributed by atoms with E-state index in [-0.39, 0.29) is 5.54 Å². The highest BCUT2D eigenvalue weighted by Gasteiger charge is 2.20. The van der Waals surface area contributed by atoms with Crippen LogP contribution in [0.1, 0.15) is 13.8 Å². The minimum absolute atomic E-state index is 0.0870. The van der Waals surface area contributed by atoms with Crippen LogP contribution in [-0.4, -0.2) is 41.3 Å². The summed E-state index contributed by atoms with van der Waals surface area (Å²) < 4.78 is 0. The molecule has 0 amide bonds. The maximum atomic E-state index is 5.65. The third-order valence-electron chi connectivity index (χ3n) is 2.59. The number of nitrogens with one attached hydrogen (secondary N) is 2. The molecule has 0 radical (unpaired) electrons. The summed E-state index contributed by atoms with van der Waals surface area (Å²) in [7, 11) is 4.11. The molecule has 1 heterocycles. The average Bonchev–Trinajstić information content (AvgIpc) is 2.47. The van der Waals surface area contributed by atoms with Gasteiger partial charge in [0.15, 0.2) is 0 Å². The fourth-order valence-electron chi connectivity index (χ4n) is 0.907. The zero-order valence-corrected chi connectivity index (χ0v) is 9.26. The second-order valence-electron chi connectivity index (χ2n) is 4.26. The van der Waals surface area contributed by atoms with Crippen LogP contribution in [0.5, 0.6) is 0 Å². The Morgan fingerprint density at radius 3 is 2.64 bits per heavy atom. The van der Waals surface area contributed by atoms with Crippen molar-refractivity contribution in [3.63, 3.8) is 0 Å². The molecule has 1 aromatic heterocycles. The maximum Gasteiger partial charge on any atom is 0.142 e. The monoisotopic (exact) mass is 197 g/mol. The van der Waals surface area contributed by atoms with E-state index in [9.17, 15) is 0 Å². The standard InChI is InChI=1S/C9H19N5/c1-9(2,14(3)4)6-11-7-5-12-13-8(7)10/h5,11H,6H2,1-4H3,(H3,10,12,13). The summed E-state index contributed by atoms with van der Waals surface area (Å²) in [6.07, 6.45) is 1.70. The van der Waals surface area contributed by atoms with E-state index in [4.69, 9.17) is 5.73 Å². The van der Waals surface area contributed by atoms with Crippen LogP contribution in [0.25, 0.3) is 0 Å². The Hall–Kier alpha value is -1.23. The topological polar surface area (TPSA) is 70.0 Å². The molecule has 0 bridgehead atoms. The van der Waals surface area contributed by atoms with Crippen LogP contribution in [-0.2, 0) is 0 Å². The molecule has 1 rings (SSSR count). The molecule has 0 saturated heterocycles. The highest BCUT2D eigenvalue weighted by Crippen LogP contribution is 2.16. The van der Waals surface area contributed by atoms with E-state index in [1.165, 1.54) is 0 Å². The minimum atomic E-state index is 0.0870. The summed E-state index contributed by atoms with van der Waals surface area (Å²) >= 11 is 0. The molecule has 0 aliphatic rings. The van der Waals surface area contributed by atoms with E-state index in [2.05, 4.69) is 48.4 Å². The van der Waals surface area contributed by atoms with Gasteiger partial charge in [0.2, 0.25) is 0 Å². The van der Waals surface area contributed by atoms with E-state index in [1.54, 1.807) is 6.20 Å². The van der Waals surface area contributed by atoms with E-state index in [0.717, 1.165) is 12.2 Å². The van der Waals surface area contributed by atoms with E-state index < -0.39 is 0 Å². The lowest BCUT2D eigenvalue weighted by atomic mass is 10.0. The van der Waals surface area contributed by atoms with Gasteiger partial charge in [-0.1, -0.05) is 0 Å². The van der Waals surface area contributed by atoms with Crippen LogP contribution in [0.15, 0.2) is 6.20 Å². The van der Waals surface area contributed by atoms with Crippen molar-refractivity contribution >= 4 is 11.5 Å². The first kappa shape index (κ1) is 10.8. The van der Waals surface area contributed by atoms with Crippen molar-refractivity contribution in [2.24, 2.45) is 0 Å². The Morgan fingerprint density at radius 1 is 1.57 bits per heavy atom. The molecule has 5 heteroatoms. The lowest BCUT2D eigenvalue weighted by Crippen LogP contribution is -2.44. The fraction of sp³-hybridized carbons (Fsp3) is 0.667. The normalized spacial score (nSPS) is 12.1. The number of nitrogens with two attached hydrogens (primary N) is 1. The van der Waals surface area contributed by atoms with Crippen LogP contribution in [0, 0.1) is 0 Å². The number of hydrogen-bond donors (Lipinski definition) is 3. The van der Waals surface area contributed by atoms with Gasteiger partial charge in [-0.05, 0) is 27.9 Å². The highest BCUT2D eigenvalue weighted by atomic mass is 15.2. The first-order valence-corrected chi connectivity index (χ1v) is 4.63. The van der Waals surface area contributed by atoms with Crippen molar-refractivity contribution < 1.29 is 0 Å². The molecule has 0 unspecified atom stereocenters. The second kappa shape index (κ2) is 3.88. The number of anilines is 2. The fourth-order valence-corrected chi connectivity index (χ4v) is 0.907. The number of hydrogen-bond acceptors (Lipinski definition) is 4. The van der Waals surface area contributed by atoms with Gasteiger partial charge < -0.3 is 16.0 Å². The third kappa shape index (κ3) is 2.38. The number of likely N-dealkylation sites (N-methyl/N-ethyl adjacent to an activating group) is 1. The summed E-state index contributed by atoms with van der Waals surface area (Å²) in [6, 6.07) is 0. The first-order chi connectivity index (χ1) is 6.43. The van der Waals surface area contributed by atoms with Gasteiger partial charge in [-0.25, -0.2) is 0 Å². The Morgan fingerprint density at radius 2 is 2.21 bits per heavy atom. The molecule has 0 fully saturated rings. The van der Waals surface area contributed by atoms with Crippen molar-refractivity contribution in [3.8, 4) is 0 Å². The molecule has 5 nitrogen and oxygen atoms in total. The molecule has 0 saturated carbocycles. The molecule has 80 valence electrons. The van der Waals surface area contributed by atoms with Gasteiger partial charge in [-0.15, -0.1) is 0 Å². The molecule has 0 aliphatic heterocycles. The molecule has 0 aromatic carbocycles. The Labute approximate surface area is 84.7 Å². The summed E-state index contributed by atoms with van der Waals surface area (Å²) in [5.74, 6) is 0.583. The molecule has 0 atom stereocenters. The maximum absolute atomic E-state index is 5.65. The van der Waals surface area contributed by atoms with Crippen LogP contribution in [0.2, 0.25) is 0 Å². The number of aromatic nitrogens is 2. The molecule has 1 aromatic rings. The van der Waals surface area contributed by atoms with Crippen LogP contribution in [0.3, 0.4) is 0 Å². The zero-order valence-electron chi connectivity index (χ0n) is 9.26. The van der Waals surface area contributed by atoms with Crippen molar-refractivity contribution in [3.05, 3.63) is 6.20 Å². The van der Waals surface area contributed by atoms with E-state index in [0.29, 0.717) is 5.82 Å². The first-order valence-electron chi connectivity index (χ1n) is 4.63. The largest absolute Gasteiger partial charge is 0.382 e. The summed E-state index contributed by atoms with van der Waals surface area (Å²) in [5.41, 5.74) is 6.60. The van der Waals surface area contributed by atoms with E-state index >= 15 is 0 Å². The van der Waals surface area contributed by atoms with Gasteiger partial charge >= 0.3 is 0 Å². The molecular weight excluding hydrogens is 178 g/mol. The summed E-state index contributed by atoms with van der Waals surface area (Å²) in [4.78, 5) is 2.16. The van der Waals surface area contributed by atoms with Gasteiger partial charge in [0.1, 0.15) is 5.82 Å². The number of rotatable bonds is 4. The zero-order chi connectivity index (χ0) is 10.8. The number of aromatic amines is 1. The summed E-state index contributed by atoms with van der Waals surface area (Å²) in [5, 5.41) is 9.78. The minimum Gasteiger partial charge on any atom is -0.382 e. The SMILES string of the molecule is CN(C)C(C)(C)CNc1cn[nH]c1N. The molecule has 0 spiro atoms. The van der Waals surface area contributed by atoms with E-state index in [1.807, 2.05) is 0 Å². The van der Waals surface area contributed by atoms with Gasteiger partial charge in [-0.2, -0.15) is 5.10 Å². The van der Waals surface area contributed by atoms with Gasteiger partial charge in [0, 0.05) is 12.1 Å². The van der Waals surface area contributed by atoms with Crippen LogP contribution in [0.4, 0.5) is 11.5 Å². The summed E-state index contributed by atoms with van der Waals surface area (Å²) in [6.45, 7) is 5.15. The van der Waals surface area contributed by atoms with Crippen LogP contribution < -0.4 is 11.1 Å². The molecule has 4 N–H and O–H groups in total. The van der Waals surface area contributed by atoms with Gasteiger partial charge in [0.05, 0.1) is 11.9 Å². The van der Waals surface area contributed by atoms with Gasteiger partial charge in [0.25, 0.3) is 0 Å². The second-order valence-corrected chi connectivity index (χ2v) is 4.26. The average molecular weight is 197 g/mol. The predicted molar refractivity (Wildman–Crippen MR) is 59.3 cm³/mol. The van der Waals surface area contributed by atoms with Crippen LogP contribution >= 0.6 is 0 Å². The molecule has 14 heavy (non-hydrogen) atoms. The van der Waals surface area contributed by atoms with Crippen molar-refractivity contribution in [2.75, 3.05) is 31.7 Å². The third-order valence-corrected chi connectivity index (χ3v) is 2.59. The smallest absolute Gasteiger partial charge is 0.142 e. The highest BCUT2D eigenvalue weighted by molar-refractivity contribution is 5.60. The molecule has 0 aliphatic carbocycles. The number of nitrogen functional groups attached to an aromatic ring is 1. The Balaban J connectivity index is 2.53. The van der Waals surface area contributed by atoms with Crippen molar-refractivity contribution in [1.29, 1.82) is 0 Å².